The van der Waals surface area contributed by atoms with E-state index >= 15 is 0 Å². The largest absolute Gasteiger partial charge is 0.324 e. The SMILES string of the molecule is O=C(Nc1ccc(F)c([N+](=O)[O-])c1)[C@H]1CCCCN1. The third kappa shape index (κ3) is 3.25. The topological polar surface area (TPSA) is 84.3 Å². The Morgan fingerprint density at radius 1 is 1.47 bits per heavy atom. The number of carbonyl (C=O) groups excluding carboxylic acids is 1. The summed E-state index contributed by atoms with van der Waals surface area (Å²) in [5.41, 5.74) is -0.417. The van der Waals surface area contributed by atoms with E-state index in [0.717, 1.165) is 37.9 Å². The third-order valence-corrected chi connectivity index (χ3v) is 3.04. The lowest BCUT2D eigenvalue weighted by molar-refractivity contribution is -0.387. The molecule has 6 nitrogen and oxygen atoms in total. The minimum Gasteiger partial charge on any atom is -0.324 e. The zero-order chi connectivity index (χ0) is 13.8. The van der Waals surface area contributed by atoms with E-state index < -0.39 is 16.4 Å². The lowest BCUT2D eigenvalue weighted by Crippen LogP contribution is -2.43. The normalized spacial score (nSPS) is 18.9. The van der Waals surface area contributed by atoms with Crippen molar-refractivity contribution in [1.82, 2.24) is 5.32 Å². The maximum Gasteiger partial charge on any atom is 0.306 e. The average Bonchev–Trinajstić information content (AvgIpc) is 2.41. The number of nitrogens with one attached hydrogen (secondary N) is 2. The number of halogens is 1. The first-order valence-corrected chi connectivity index (χ1v) is 6.06. The van der Waals surface area contributed by atoms with Gasteiger partial charge in [-0.1, -0.05) is 6.42 Å². The van der Waals surface area contributed by atoms with E-state index in [1.165, 1.54) is 6.07 Å². The summed E-state index contributed by atoms with van der Waals surface area (Å²) in [4.78, 5) is 21.7. The first-order valence-electron chi connectivity index (χ1n) is 6.06. The van der Waals surface area contributed by atoms with Gasteiger partial charge >= 0.3 is 5.69 Å². The highest BCUT2D eigenvalue weighted by Crippen LogP contribution is 2.22. The van der Waals surface area contributed by atoms with Crippen molar-refractivity contribution in [2.45, 2.75) is 25.3 Å². The van der Waals surface area contributed by atoms with Gasteiger partial charge in [-0.25, -0.2) is 0 Å². The zero-order valence-electron chi connectivity index (χ0n) is 10.2. The molecule has 0 spiro atoms. The molecule has 0 radical (unpaired) electrons. The van der Waals surface area contributed by atoms with Gasteiger partial charge in [0.1, 0.15) is 0 Å². The van der Waals surface area contributed by atoms with Crippen LogP contribution in [-0.4, -0.2) is 23.4 Å². The molecule has 102 valence electrons. The second-order valence-electron chi connectivity index (χ2n) is 4.42. The fourth-order valence-electron chi connectivity index (χ4n) is 2.04. The smallest absolute Gasteiger partial charge is 0.306 e. The Morgan fingerprint density at radius 2 is 2.26 bits per heavy atom. The fraction of sp³-hybridized carbons (Fsp3) is 0.417. The van der Waals surface area contributed by atoms with Crippen LogP contribution in [0.2, 0.25) is 0 Å². The van der Waals surface area contributed by atoms with Crippen molar-refractivity contribution in [3.05, 3.63) is 34.1 Å². The molecule has 1 aliphatic heterocycles. The molecule has 2 rings (SSSR count). The van der Waals surface area contributed by atoms with Crippen molar-refractivity contribution in [2.24, 2.45) is 0 Å². The molecule has 0 bridgehead atoms. The molecular formula is C12H14FN3O3. The Bertz CT molecular complexity index is 501. The van der Waals surface area contributed by atoms with Crippen molar-refractivity contribution in [1.29, 1.82) is 0 Å². The summed E-state index contributed by atoms with van der Waals surface area (Å²) >= 11 is 0. The maximum absolute atomic E-state index is 13.1. The van der Waals surface area contributed by atoms with Gasteiger partial charge in [0.05, 0.1) is 11.0 Å². The fourth-order valence-corrected chi connectivity index (χ4v) is 2.04. The molecule has 1 aromatic carbocycles. The summed E-state index contributed by atoms with van der Waals surface area (Å²) in [6, 6.07) is 3.01. The van der Waals surface area contributed by atoms with Gasteiger partial charge in [0.2, 0.25) is 11.7 Å². The van der Waals surface area contributed by atoms with Crippen LogP contribution in [-0.2, 0) is 4.79 Å². The van der Waals surface area contributed by atoms with Crippen LogP contribution in [0.4, 0.5) is 15.8 Å². The van der Waals surface area contributed by atoms with Gasteiger partial charge in [-0.15, -0.1) is 0 Å². The molecular weight excluding hydrogens is 253 g/mol. The minimum atomic E-state index is -0.918. The van der Waals surface area contributed by atoms with Crippen molar-refractivity contribution < 1.29 is 14.1 Å². The summed E-state index contributed by atoms with van der Waals surface area (Å²) in [7, 11) is 0. The first kappa shape index (κ1) is 13.4. The number of rotatable bonds is 3. The molecule has 0 aliphatic carbocycles. The lowest BCUT2D eigenvalue weighted by Gasteiger charge is -2.22. The quantitative estimate of drug-likeness (QED) is 0.646. The van der Waals surface area contributed by atoms with Crippen molar-refractivity contribution >= 4 is 17.3 Å². The average molecular weight is 267 g/mol. The Labute approximate surface area is 109 Å². The molecule has 0 aromatic heterocycles. The number of nitro groups is 1. The van der Waals surface area contributed by atoms with Crippen molar-refractivity contribution in [3.63, 3.8) is 0 Å². The van der Waals surface area contributed by atoms with Gasteiger partial charge in [0.15, 0.2) is 0 Å². The Balaban J connectivity index is 2.08. The van der Waals surface area contributed by atoms with E-state index in [9.17, 15) is 19.3 Å². The summed E-state index contributed by atoms with van der Waals surface area (Å²) in [6.07, 6.45) is 2.73. The first-order chi connectivity index (χ1) is 9.08. The number of anilines is 1. The number of amides is 1. The molecule has 0 unspecified atom stereocenters. The van der Waals surface area contributed by atoms with Crippen LogP contribution in [0.15, 0.2) is 18.2 Å². The van der Waals surface area contributed by atoms with Crippen LogP contribution < -0.4 is 10.6 Å². The van der Waals surface area contributed by atoms with Gasteiger partial charge in [-0.2, -0.15) is 4.39 Å². The predicted molar refractivity (Wildman–Crippen MR) is 67.3 cm³/mol. The Morgan fingerprint density at radius 3 is 2.89 bits per heavy atom. The van der Waals surface area contributed by atoms with Gasteiger partial charge < -0.3 is 10.6 Å². The van der Waals surface area contributed by atoms with Crippen LogP contribution >= 0.6 is 0 Å². The highest BCUT2D eigenvalue weighted by Gasteiger charge is 2.21. The molecule has 1 aromatic rings. The summed E-state index contributed by atoms with van der Waals surface area (Å²) in [6.45, 7) is 0.779. The van der Waals surface area contributed by atoms with Crippen LogP contribution in [0.25, 0.3) is 0 Å². The highest BCUT2D eigenvalue weighted by molar-refractivity contribution is 5.95. The van der Waals surface area contributed by atoms with Gasteiger partial charge in [-0.3, -0.25) is 14.9 Å². The summed E-state index contributed by atoms with van der Waals surface area (Å²) in [5, 5.41) is 16.2. The van der Waals surface area contributed by atoms with Crippen molar-refractivity contribution in [3.8, 4) is 0 Å². The van der Waals surface area contributed by atoms with E-state index in [-0.39, 0.29) is 17.6 Å². The van der Waals surface area contributed by atoms with Crippen LogP contribution in [0, 0.1) is 15.9 Å². The number of carbonyl (C=O) groups is 1. The number of benzene rings is 1. The van der Waals surface area contributed by atoms with E-state index in [1.54, 1.807) is 0 Å². The number of hydrogen-bond acceptors (Lipinski definition) is 4. The molecule has 1 fully saturated rings. The minimum absolute atomic E-state index is 0.227. The van der Waals surface area contributed by atoms with E-state index in [2.05, 4.69) is 10.6 Å². The number of nitrogens with zero attached hydrogens (tertiary/aromatic N) is 1. The van der Waals surface area contributed by atoms with Gasteiger partial charge in [0.25, 0.3) is 0 Å². The molecule has 7 heteroatoms. The van der Waals surface area contributed by atoms with E-state index in [4.69, 9.17) is 0 Å². The van der Waals surface area contributed by atoms with Crippen LogP contribution in [0.1, 0.15) is 19.3 Å². The molecule has 1 saturated heterocycles. The van der Waals surface area contributed by atoms with Crippen molar-refractivity contribution in [2.75, 3.05) is 11.9 Å². The van der Waals surface area contributed by atoms with Crippen LogP contribution in [0.3, 0.4) is 0 Å². The summed E-state index contributed by atoms with van der Waals surface area (Å²) in [5.74, 6) is -1.17. The van der Waals surface area contributed by atoms with Crippen LogP contribution in [0.5, 0.6) is 0 Å². The van der Waals surface area contributed by atoms with E-state index in [1.807, 2.05) is 0 Å². The lowest BCUT2D eigenvalue weighted by atomic mass is 10.0. The number of nitro benzene ring substituents is 1. The summed E-state index contributed by atoms with van der Waals surface area (Å²) < 4.78 is 13.1. The second kappa shape index (κ2) is 5.75. The Kier molecular flexibility index (Phi) is 4.06. The molecule has 1 heterocycles. The predicted octanol–water partition coefficient (Wildman–Crippen LogP) is 1.81. The molecule has 1 amide bonds. The zero-order valence-corrected chi connectivity index (χ0v) is 10.2. The molecule has 1 atom stereocenters. The molecule has 2 N–H and O–H groups in total. The Hall–Kier alpha value is -2.02. The van der Waals surface area contributed by atoms with Gasteiger partial charge in [0, 0.05) is 11.8 Å². The second-order valence-corrected chi connectivity index (χ2v) is 4.42. The molecule has 0 saturated carbocycles. The third-order valence-electron chi connectivity index (χ3n) is 3.04. The standard InChI is InChI=1S/C12H14FN3O3/c13-9-5-4-8(7-11(9)16(18)19)15-12(17)10-3-1-2-6-14-10/h4-5,7,10,14H,1-3,6H2,(H,15,17)/t10-/m1/s1. The van der Waals surface area contributed by atoms with Gasteiger partial charge in [-0.05, 0) is 31.5 Å². The number of piperidine rings is 1. The number of hydrogen-bond donors (Lipinski definition) is 2. The van der Waals surface area contributed by atoms with E-state index in [0.29, 0.717) is 0 Å². The maximum atomic E-state index is 13.1. The monoisotopic (exact) mass is 267 g/mol. The molecule has 19 heavy (non-hydrogen) atoms. The highest BCUT2D eigenvalue weighted by atomic mass is 19.1. The molecule has 1 aliphatic rings.